The fourth-order valence-electron chi connectivity index (χ4n) is 4.47. The molecule has 0 saturated heterocycles. The molecule has 3 heterocycles. The molecule has 0 aliphatic heterocycles. The van der Waals surface area contributed by atoms with Gasteiger partial charge in [0.05, 0.1) is 4.90 Å². The number of hydrogen-bond donors (Lipinski definition) is 2. The molecular weight excluding hydrogens is 470 g/mol. The minimum Gasteiger partial charge on any atom is -0.463 e. The quantitative estimate of drug-likeness (QED) is 0.169. The average Bonchev–Trinajstić information content (AvgIpc) is 3.49. The zero-order valence-electron chi connectivity index (χ0n) is 20.5. The molecule has 0 radical (unpaired) electrons. The molecule has 0 aliphatic carbocycles. The summed E-state index contributed by atoms with van der Waals surface area (Å²) in [6, 6.07) is 17.5. The number of aromatic nitrogens is 1. The zero-order chi connectivity index (χ0) is 24.9. The van der Waals surface area contributed by atoms with Crippen molar-refractivity contribution in [3.63, 3.8) is 0 Å². The van der Waals surface area contributed by atoms with Crippen molar-refractivity contribution in [2.24, 2.45) is 0 Å². The molecule has 2 aromatic carbocycles. The smallest absolute Gasteiger partial charge is 0.274 e. The van der Waals surface area contributed by atoms with Crippen molar-refractivity contribution in [1.29, 1.82) is 0 Å². The van der Waals surface area contributed by atoms with Crippen LogP contribution in [0.4, 0.5) is 5.69 Å². The highest BCUT2D eigenvalue weighted by Crippen LogP contribution is 2.30. The first-order valence-corrected chi connectivity index (χ1v) is 13.4. The first-order valence-electron chi connectivity index (χ1n) is 12.2. The Balaban J connectivity index is 1.22. The van der Waals surface area contributed by atoms with E-state index in [2.05, 4.69) is 47.0 Å². The summed E-state index contributed by atoms with van der Waals surface area (Å²) < 4.78 is 11.7. The molecule has 5 aromatic rings. The Kier molecular flexibility index (Phi) is 7.39. The van der Waals surface area contributed by atoms with Crippen molar-refractivity contribution in [3.05, 3.63) is 89.6 Å². The Bertz CT molecular complexity index is 1490. The fraction of sp³-hybridized carbons (Fsp3) is 0.241. The first-order chi connectivity index (χ1) is 17.7. The number of aryl methyl sites for hydroxylation is 1. The molecule has 3 aromatic heterocycles. The van der Waals surface area contributed by atoms with Crippen LogP contribution in [0.5, 0.6) is 0 Å². The lowest BCUT2D eigenvalue weighted by Crippen LogP contribution is -2.20. The maximum Gasteiger partial charge on any atom is 0.274 e. The number of rotatable bonds is 10. The number of anilines is 1. The van der Waals surface area contributed by atoms with Crippen LogP contribution in [0, 0.1) is 0 Å². The van der Waals surface area contributed by atoms with Crippen LogP contribution in [0.2, 0.25) is 0 Å². The Morgan fingerprint density at radius 3 is 2.67 bits per heavy atom. The van der Waals surface area contributed by atoms with Crippen molar-refractivity contribution >= 4 is 45.3 Å². The molecule has 6 nitrogen and oxygen atoms in total. The summed E-state index contributed by atoms with van der Waals surface area (Å²) >= 11 is 1.71. The predicted octanol–water partition coefficient (Wildman–Crippen LogP) is 6.49. The van der Waals surface area contributed by atoms with Crippen molar-refractivity contribution in [2.45, 2.75) is 31.1 Å². The summed E-state index contributed by atoms with van der Waals surface area (Å²) in [5.74, 6) is 0.769. The van der Waals surface area contributed by atoms with Crippen LogP contribution < -0.4 is 10.6 Å². The van der Waals surface area contributed by atoms with Gasteiger partial charge in [-0.1, -0.05) is 19.1 Å². The van der Waals surface area contributed by atoms with E-state index in [9.17, 15) is 4.79 Å². The highest BCUT2D eigenvalue weighted by molar-refractivity contribution is 7.98. The van der Waals surface area contributed by atoms with Crippen LogP contribution in [0.1, 0.15) is 34.3 Å². The third kappa shape index (κ3) is 5.17. The first kappa shape index (κ1) is 24.2. The van der Waals surface area contributed by atoms with Gasteiger partial charge in [-0.15, -0.1) is 11.8 Å². The summed E-state index contributed by atoms with van der Waals surface area (Å²) in [5, 5.41) is 8.76. The van der Waals surface area contributed by atoms with Gasteiger partial charge in [0.15, 0.2) is 0 Å². The van der Waals surface area contributed by atoms with Gasteiger partial charge in [0.2, 0.25) is 0 Å². The van der Waals surface area contributed by atoms with Crippen LogP contribution in [-0.4, -0.2) is 30.2 Å². The predicted molar refractivity (Wildman–Crippen MR) is 146 cm³/mol. The van der Waals surface area contributed by atoms with E-state index >= 15 is 0 Å². The van der Waals surface area contributed by atoms with Crippen LogP contribution in [-0.2, 0) is 19.3 Å². The van der Waals surface area contributed by atoms with Crippen molar-refractivity contribution < 1.29 is 13.6 Å². The number of amides is 1. The van der Waals surface area contributed by atoms with E-state index < -0.39 is 0 Å². The highest BCUT2D eigenvalue weighted by Gasteiger charge is 2.15. The molecule has 0 atom stereocenters. The van der Waals surface area contributed by atoms with Crippen molar-refractivity contribution in [1.82, 2.24) is 10.3 Å². The molecule has 5 rings (SSSR count). The normalized spacial score (nSPS) is 11.4. The molecule has 1 amide bonds. The lowest BCUT2D eigenvalue weighted by Gasteiger charge is -2.07. The summed E-state index contributed by atoms with van der Waals surface area (Å²) in [5.41, 5.74) is 5.39. The molecular formula is C29H29N3O3S. The summed E-state index contributed by atoms with van der Waals surface area (Å²) in [6.45, 7) is 3.84. The molecule has 7 heteroatoms. The summed E-state index contributed by atoms with van der Waals surface area (Å²) in [6.07, 6.45) is 8.14. The fourth-order valence-corrected chi connectivity index (χ4v) is 4.99. The van der Waals surface area contributed by atoms with Gasteiger partial charge in [-0.25, -0.2) is 0 Å². The SMILES string of the molecule is CCc1oc2ccc(NC(=O)c3ccccn3)cc2c1CCNCCc1ccc2occ(SC)c2c1. The number of nitrogens with one attached hydrogen (secondary N) is 2. The Labute approximate surface area is 214 Å². The van der Waals surface area contributed by atoms with Gasteiger partial charge in [0, 0.05) is 34.6 Å². The van der Waals surface area contributed by atoms with Crippen molar-refractivity contribution in [2.75, 3.05) is 24.7 Å². The van der Waals surface area contributed by atoms with Gasteiger partial charge < -0.3 is 19.5 Å². The van der Waals surface area contributed by atoms with Gasteiger partial charge in [-0.3, -0.25) is 9.78 Å². The van der Waals surface area contributed by atoms with Crippen LogP contribution >= 0.6 is 11.8 Å². The van der Waals surface area contributed by atoms with Gasteiger partial charge in [-0.05, 0) is 80.2 Å². The van der Waals surface area contributed by atoms with Crippen LogP contribution in [0.15, 0.2) is 80.8 Å². The number of nitrogens with zero attached hydrogens (tertiary/aromatic N) is 1. The Morgan fingerprint density at radius 1 is 1.00 bits per heavy atom. The molecule has 0 aliphatic rings. The number of benzene rings is 2. The third-order valence-corrected chi connectivity index (χ3v) is 7.07. The standard InChI is InChI=1S/C29H29N3O3S/c1-3-25-21(12-15-30-14-11-19-7-9-26-23(16-19)28(36-2)18-34-26)22-17-20(8-10-27(22)35-25)32-29(33)24-6-4-5-13-31-24/h4-10,13,16-18,30H,3,11-12,14-15H2,1-2H3,(H,32,33). The number of pyridine rings is 1. The molecule has 0 unspecified atom stereocenters. The minimum atomic E-state index is -0.226. The molecule has 2 N–H and O–H groups in total. The van der Waals surface area contributed by atoms with Crippen LogP contribution in [0.25, 0.3) is 21.9 Å². The topological polar surface area (TPSA) is 80.3 Å². The van der Waals surface area contributed by atoms with Crippen molar-refractivity contribution in [3.8, 4) is 0 Å². The van der Waals surface area contributed by atoms with E-state index in [-0.39, 0.29) is 5.91 Å². The minimum absolute atomic E-state index is 0.226. The molecule has 36 heavy (non-hydrogen) atoms. The molecule has 0 fully saturated rings. The number of fused-ring (bicyclic) bond motifs is 2. The lowest BCUT2D eigenvalue weighted by molar-refractivity contribution is 0.102. The van der Waals surface area contributed by atoms with E-state index in [1.165, 1.54) is 21.4 Å². The number of carbonyl (C=O) groups excluding carboxylic acids is 1. The Morgan fingerprint density at radius 2 is 1.86 bits per heavy atom. The average molecular weight is 500 g/mol. The van der Waals surface area contributed by atoms with Gasteiger partial charge in [-0.2, -0.15) is 0 Å². The van der Waals surface area contributed by atoms with E-state index in [4.69, 9.17) is 8.83 Å². The molecule has 0 spiro atoms. The van der Waals surface area contributed by atoms with E-state index in [0.717, 1.165) is 60.4 Å². The van der Waals surface area contributed by atoms with E-state index in [1.54, 1.807) is 36.2 Å². The summed E-state index contributed by atoms with van der Waals surface area (Å²) in [4.78, 5) is 17.8. The molecule has 0 saturated carbocycles. The van der Waals surface area contributed by atoms with Gasteiger partial charge in [0.25, 0.3) is 5.91 Å². The highest BCUT2D eigenvalue weighted by atomic mass is 32.2. The number of hydrogen-bond acceptors (Lipinski definition) is 6. The van der Waals surface area contributed by atoms with Gasteiger partial charge >= 0.3 is 0 Å². The third-order valence-electron chi connectivity index (χ3n) is 6.32. The van der Waals surface area contributed by atoms with Gasteiger partial charge in [0.1, 0.15) is 28.9 Å². The van der Waals surface area contributed by atoms with E-state index in [0.29, 0.717) is 5.69 Å². The second-order valence-electron chi connectivity index (χ2n) is 8.62. The number of carbonyl (C=O) groups is 1. The maximum atomic E-state index is 12.5. The second kappa shape index (κ2) is 11.0. The van der Waals surface area contributed by atoms with E-state index in [1.807, 2.05) is 24.5 Å². The largest absolute Gasteiger partial charge is 0.463 e. The summed E-state index contributed by atoms with van der Waals surface area (Å²) in [7, 11) is 0. The monoisotopic (exact) mass is 499 g/mol. The number of thioether (sulfide) groups is 1. The Hall–Kier alpha value is -3.55. The number of furan rings is 2. The lowest BCUT2D eigenvalue weighted by atomic mass is 10.1. The molecule has 0 bridgehead atoms. The second-order valence-corrected chi connectivity index (χ2v) is 9.47. The molecule has 184 valence electrons. The zero-order valence-corrected chi connectivity index (χ0v) is 21.3. The maximum absolute atomic E-state index is 12.5. The van der Waals surface area contributed by atoms with Crippen LogP contribution in [0.3, 0.4) is 0 Å².